The van der Waals surface area contributed by atoms with Gasteiger partial charge in [0.1, 0.15) is 11.9 Å². The molecule has 0 aliphatic carbocycles. The maximum atomic E-state index is 11.6. The van der Waals surface area contributed by atoms with Gasteiger partial charge in [-0.2, -0.15) is 0 Å². The minimum atomic E-state index is -0.310. The molecule has 1 heterocycles. The van der Waals surface area contributed by atoms with E-state index in [-0.39, 0.29) is 12.1 Å². The lowest BCUT2D eigenvalue weighted by atomic mass is 10.1. The van der Waals surface area contributed by atoms with Crippen molar-refractivity contribution in [3.05, 3.63) is 29.8 Å². The van der Waals surface area contributed by atoms with Crippen molar-refractivity contribution in [2.45, 2.75) is 25.9 Å². The van der Waals surface area contributed by atoms with E-state index in [0.717, 1.165) is 26.1 Å². The molecule has 18 heavy (non-hydrogen) atoms. The lowest BCUT2D eigenvalue weighted by molar-refractivity contribution is 0.0254. The largest absolute Gasteiger partial charge is 0.490 e. The number of ether oxygens (including phenoxy) is 3. The fraction of sp³-hybridized carbons (Fsp3) is 0.500. The second-order valence-electron chi connectivity index (χ2n) is 4.18. The van der Waals surface area contributed by atoms with E-state index in [0.29, 0.717) is 17.9 Å². The summed E-state index contributed by atoms with van der Waals surface area (Å²) in [5, 5.41) is 0. The van der Waals surface area contributed by atoms with E-state index in [9.17, 15) is 4.79 Å². The average molecular weight is 250 g/mol. The third-order valence-electron chi connectivity index (χ3n) is 2.82. The Balaban J connectivity index is 2.00. The highest BCUT2D eigenvalue weighted by molar-refractivity contribution is 5.89. The lowest BCUT2D eigenvalue weighted by Crippen LogP contribution is -2.25. The van der Waals surface area contributed by atoms with Gasteiger partial charge in [0.2, 0.25) is 0 Å². The van der Waals surface area contributed by atoms with Gasteiger partial charge in [0.05, 0.1) is 25.4 Å². The minimum absolute atomic E-state index is 0.177. The highest BCUT2D eigenvalue weighted by Crippen LogP contribution is 2.19. The molecule has 0 aromatic heterocycles. The molecule has 1 fully saturated rings. The molecule has 0 radical (unpaired) electrons. The molecule has 1 saturated heterocycles. The number of carbonyl (C=O) groups is 1. The Morgan fingerprint density at radius 1 is 1.39 bits per heavy atom. The molecule has 0 amide bonds. The first-order valence-electron chi connectivity index (χ1n) is 6.31. The first-order chi connectivity index (χ1) is 8.79. The van der Waals surface area contributed by atoms with Gasteiger partial charge in [-0.15, -0.1) is 0 Å². The first-order valence-corrected chi connectivity index (χ1v) is 6.31. The molecular weight excluding hydrogens is 232 g/mol. The number of esters is 1. The van der Waals surface area contributed by atoms with Gasteiger partial charge in [-0.25, -0.2) is 4.79 Å². The number of hydrogen-bond acceptors (Lipinski definition) is 4. The normalized spacial score (nSPS) is 16.3. The molecule has 0 unspecified atom stereocenters. The molecule has 0 N–H and O–H groups in total. The number of hydrogen-bond donors (Lipinski definition) is 0. The van der Waals surface area contributed by atoms with Gasteiger partial charge < -0.3 is 14.2 Å². The molecule has 4 nitrogen and oxygen atoms in total. The van der Waals surface area contributed by atoms with Gasteiger partial charge in [-0.3, -0.25) is 0 Å². The zero-order valence-corrected chi connectivity index (χ0v) is 10.6. The number of rotatable bonds is 4. The second kappa shape index (κ2) is 6.40. The topological polar surface area (TPSA) is 44.8 Å². The summed E-state index contributed by atoms with van der Waals surface area (Å²) in [5.74, 6) is 0.405. The number of carbonyl (C=O) groups excluding carboxylic acids is 1. The Morgan fingerprint density at radius 3 is 2.89 bits per heavy atom. The van der Waals surface area contributed by atoms with E-state index < -0.39 is 0 Å². The molecule has 1 aromatic rings. The molecule has 1 aromatic carbocycles. The Morgan fingerprint density at radius 2 is 2.17 bits per heavy atom. The summed E-state index contributed by atoms with van der Waals surface area (Å²) in [6, 6.07) is 7.13. The molecule has 98 valence electrons. The van der Waals surface area contributed by atoms with Crippen molar-refractivity contribution >= 4 is 5.97 Å². The third kappa shape index (κ3) is 3.47. The molecule has 0 spiro atoms. The van der Waals surface area contributed by atoms with Crippen molar-refractivity contribution in [3.8, 4) is 5.75 Å². The van der Waals surface area contributed by atoms with Gasteiger partial charge >= 0.3 is 5.97 Å². The summed E-state index contributed by atoms with van der Waals surface area (Å²) in [6.07, 6.45) is 1.96. The summed E-state index contributed by atoms with van der Waals surface area (Å²) >= 11 is 0. The van der Waals surface area contributed by atoms with Crippen LogP contribution in [0.4, 0.5) is 0 Å². The predicted octanol–water partition coefficient (Wildman–Crippen LogP) is 2.42. The van der Waals surface area contributed by atoms with Crippen molar-refractivity contribution < 1.29 is 19.0 Å². The first kappa shape index (κ1) is 12.9. The van der Waals surface area contributed by atoms with Gasteiger partial charge in [0.15, 0.2) is 0 Å². The van der Waals surface area contributed by atoms with Crippen LogP contribution < -0.4 is 4.74 Å². The Bertz CT molecular complexity index is 397. The van der Waals surface area contributed by atoms with Crippen molar-refractivity contribution in [1.82, 2.24) is 0 Å². The van der Waals surface area contributed by atoms with E-state index in [1.54, 1.807) is 25.1 Å². The Labute approximate surface area is 107 Å². The summed E-state index contributed by atoms with van der Waals surface area (Å²) in [5.41, 5.74) is 0.529. The van der Waals surface area contributed by atoms with E-state index in [1.807, 2.05) is 6.07 Å². The zero-order chi connectivity index (χ0) is 12.8. The molecule has 0 saturated carbocycles. The minimum Gasteiger partial charge on any atom is -0.490 e. The number of benzene rings is 1. The molecule has 4 heteroatoms. The Kier molecular flexibility index (Phi) is 4.59. The monoisotopic (exact) mass is 250 g/mol. The van der Waals surface area contributed by atoms with E-state index in [2.05, 4.69) is 0 Å². The summed E-state index contributed by atoms with van der Waals surface area (Å²) < 4.78 is 16.1. The fourth-order valence-corrected chi connectivity index (χ4v) is 1.90. The van der Waals surface area contributed by atoms with Crippen LogP contribution in [0.5, 0.6) is 5.75 Å². The van der Waals surface area contributed by atoms with Crippen LogP contribution in [0.3, 0.4) is 0 Å². The maximum absolute atomic E-state index is 11.6. The van der Waals surface area contributed by atoms with Crippen LogP contribution in [-0.4, -0.2) is 31.9 Å². The zero-order valence-electron chi connectivity index (χ0n) is 10.6. The molecule has 1 aliphatic heterocycles. The average Bonchev–Trinajstić information content (AvgIpc) is 2.40. The second-order valence-corrected chi connectivity index (χ2v) is 4.18. The highest BCUT2D eigenvalue weighted by atomic mass is 16.5. The summed E-state index contributed by atoms with van der Waals surface area (Å²) in [6.45, 7) is 3.65. The van der Waals surface area contributed by atoms with Crippen molar-refractivity contribution in [2.75, 3.05) is 19.8 Å². The maximum Gasteiger partial charge on any atom is 0.338 e. The standard InChI is InChI=1S/C14H18O4/c1-2-17-14(15)11-4-3-5-13(10-11)18-12-6-8-16-9-7-12/h3-5,10,12H,2,6-9H2,1H3. The predicted molar refractivity (Wildman–Crippen MR) is 66.9 cm³/mol. The van der Waals surface area contributed by atoms with Gasteiger partial charge in [-0.05, 0) is 25.1 Å². The Hall–Kier alpha value is -1.55. The van der Waals surface area contributed by atoms with E-state index >= 15 is 0 Å². The lowest BCUT2D eigenvalue weighted by Gasteiger charge is -2.23. The quantitative estimate of drug-likeness (QED) is 0.770. The van der Waals surface area contributed by atoms with Gasteiger partial charge in [0.25, 0.3) is 0 Å². The van der Waals surface area contributed by atoms with Crippen LogP contribution in [0, 0.1) is 0 Å². The summed E-state index contributed by atoms with van der Waals surface area (Å²) in [4.78, 5) is 11.6. The smallest absolute Gasteiger partial charge is 0.338 e. The van der Waals surface area contributed by atoms with Crippen LogP contribution in [-0.2, 0) is 9.47 Å². The molecular formula is C14H18O4. The highest BCUT2D eigenvalue weighted by Gasteiger charge is 2.16. The van der Waals surface area contributed by atoms with Crippen LogP contribution in [0.15, 0.2) is 24.3 Å². The third-order valence-corrected chi connectivity index (χ3v) is 2.82. The van der Waals surface area contributed by atoms with Crippen LogP contribution in [0.25, 0.3) is 0 Å². The SMILES string of the molecule is CCOC(=O)c1cccc(OC2CCOCC2)c1. The molecule has 2 rings (SSSR count). The van der Waals surface area contributed by atoms with E-state index in [1.165, 1.54) is 0 Å². The van der Waals surface area contributed by atoms with Gasteiger partial charge in [0, 0.05) is 12.8 Å². The molecule has 0 atom stereocenters. The van der Waals surface area contributed by atoms with Crippen molar-refractivity contribution in [3.63, 3.8) is 0 Å². The fourth-order valence-electron chi connectivity index (χ4n) is 1.90. The van der Waals surface area contributed by atoms with Crippen molar-refractivity contribution in [2.24, 2.45) is 0 Å². The summed E-state index contributed by atoms with van der Waals surface area (Å²) in [7, 11) is 0. The van der Waals surface area contributed by atoms with Crippen LogP contribution >= 0.6 is 0 Å². The van der Waals surface area contributed by atoms with Gasteiger partial charge in [-0.1, -0.05) is 6.07 Å². The van der Waals surface area contributed by atoms with Crippen LogP contribution in [0.2, 0.25) is 0 Å². The molecule has 1 aliphatic rings. The van der Waals surface area contributed by atoms with Crippen LogP contribution in [0.1, 0.15) is 30.1 Å². The molecule has 0 bridgehead atoms. The van der Waals surface area contributed by atoms with E-state index in [4.69, 9.17) is 14.2 Å². The van der Waals surface area contributed by atoms with Crippen molar-refractivity contribution in [1.29, 1.82) is 0 Å².